The van der Waals surface area contributed by atoms with Gasteiger partial charge in [0.15, 0.2) is 0 Å². The Labute approximate surface area is 83.3 Å². The fourth-order valence-electron chi connectivity index (χ4n) is 2.28. The standard InChI is InChI=1S/C12H25N/c1-11(2,3)10-6-7-13-9-12(4,5)8-10/h10,13H,6-9H2,1-5H3. The van der Waals surface area contributed by atoms with Crippen LogP contribution in [0.15, 0.2) is 0 Å². The summed E-state index contributed by atoms with van der Waals surface area (Å²) in [7, 11) is 0. The molecule has 78 valence electrons. The van der Waals surface area contributed by atoms with Crippen molar-refractivity contribution >= 4 is 0 Å². The van der Waals surface area contributed by atoms with Crippen LogP contribution in [0.2, 0.25) is 0 Å². The van der Waals surface area contributed by atoms with Crippen LogP contribution >= 0.6 is 0 Å². The largest absolute Gasteiger partial charge is 0.316 e. The van der Waals surface area contributed by atoms with E-state index in [1.165, 1.54) is 25.9 Å². The van der Waals surface area contributed by atoms with Crippen molar-refractivity contribution in [3.05, 3.63) is 0 Å². The molecule has 0 aliphatic carbocycles. The third-order valence-corrected chi connectivity index (χ3v) is 3.30. The molecule has 0 radical (unpaired) electrons. The molecule has 0 saturated carbocycles. The molecule has 0 spiro atoms. The van der Waals surface area contributed by atoms with E-state index in [0.29, 0.717) is 10.8 Å². The summed E-state index contributed by atoms with van der Waals surface area (Å²) >= 11 is 0. The molecule has 1 atom stereocenters. The molecule has 1 heteroatoms. The van der Waals surface area contributed by atoms with Gasteiger partial charge >= 0.3 is 0 Å². The van der Waals surface area contributed by atoms with Gasteiger partial charge in [0.05, 0.1) is 0 Å². The van der Waals surface area contributed by atoms with Gasteiger partial charge in [-0.2, -0.15) is 0 Å². The molecule has 1 heterocycles. The van der Waals surface area contributed by atoms with E-state index in [0.717, 1.165) is 5.92 Å². The summed E-state index contributed by atoms with van der Waals surface area (Å²) in [5, 5.41) is 3.54. The predicted octanol–water partition coefficient (Wildman–Crippen LogP) is 3.06. The lowest BCUT2D eigenvalue weighted by atomic mass is 9.71. The first kappa shape index (κ1) is 11.0. The van der Waals surface area contributed by atoms with Crippen LogP contribution in [0, 0.1) is 16.7 Å². The third-order valence-electron chi connectivity index (χ3n) is 3.30. The van der Waals surface area contributed by atoms with Crippen LogP contribution in [0.25, 0.3) is 0 Å². The van der Waals surface area contributed by atoms with E-state index in [1.807, 2.05) is 0 Å². The van der Waals surface area contributed by atoms with E-state index in [1.54, 1.807) is 0 Å². The van der Waals surface area contributed by atoms with Crippen LogP contribution in [0.4, 0.5) is 0 Å². The lowest BCUT2D eigenvalue weighted by Crippen LogP contribution is -2.28. The Balaban J connectivity index is 2.65. The molecule has 13 heavy (non-hydrogen) atoms. The lowest BCUT2D eigenvalue weighted by Gasteiger charge is -2.34. The normalized spacial score (nSPS) is 29.8. The fraction of sp³-hybridized carbons (Fsp3) is 1.00. The summed E-state index contributed by atoms with van der Waals surface area (Å²) in [6, 6.07) is 0. The first-order valence-corrected chi connectivity index (χ1v) is 5.52. The highest BCUT2D eigenvalue weighted by atomic mass is 14.9. The van der Waals surface area contributed by atoms with Gasteiger partial charge in [-0.05, 0) is 36.1 Å². The number of hydrogen-bond donors (Lipinski definition) is 1. The van der Waals surface area contributed by atoms with Crippen molar-refractivity contribution in [2.75, 3.05) is 13.1 Å². The molecule has 0 bridgehead atoms. The summed E-state index contributed by atoms with van der Waals surface area (Å²) in [5.41, 5.74) is 0.956. The van der Waals surface area contributed by atoms with Gasteiger partial charge < -0.3 is 5.32 Å². The molecule has 1 nitrogen and oxygen atoms in total. The van der Waals surface area contributed by atoms with Crippen LogP contribution in [0.1, 0.15) is 47.5 Å². The molecule has 0 aromatic rings. The van der Waals surface area contributed by atoms with Crippen LogP contribution in [0.3, 0.4) is 0 Å². The molecule has 1 unspecified atom stereocenters. The van der Waals surface area contributed by atoms with E-state index in [9.17, 15) is 0 Å². The van der Waals surface area contributed by atoms with Crippen LogP contribution in [-0.4, -0.2) is 13.1 Å². The Kier molecular flexibility index (Phi) is 3.06. The quantitative estimate of drug-likeness (QED) is 0.608. The average Bonchev–Trinajstić information content (AvgIpc) is 2.08. The van der Waals surface area contributed by atoms with Crippen molar-refractivity contribution in [2.45, 2.75) is 47.5 Å². The molecule has 0 amide bonds. The minimum atomic E-state index is 0.475. The molecular formula is C12H25N. The maximum Gasteiger partial charge on any atom is 0.000262 e. The lowest BCUT2D eigenvalue weighted by molar-refractivity contribution is 0.166. The van der Waals surface area contributed by atoms with E-state index >= 15 is 0 Å². The minimum absolute atomic E-state index is 0.475. The second-order valence-corrected chi connectivity index (χ2v) is 6.40. The van der Waals surface area contributed by atoms with Crippen molar-refractivity contribution < 1.29 is 0 Å². The van der Waals surface area contributed by atoms with Gasteiger partial charge in [-0.25, -0.2) is 0 Å². The molecule has 1 saturated heterocycles. The molecule has 1 fully saturated rings. The first-order valence-electron chi connectivity index (χ1n) is 5.52. The maximum atomic E-state index is 3.54. The number of nitrogens with one attached hydrogen (secondary N) is 1. The summed E-state index contributed by atoms with van der Waals surface area (Å²) in [4.78, 5) is 0. The molecule has 1 aliphatic rings. The maximum absolute atomic E-state index is 3.54. The highest BCUT2D eigenvalue weighted by Crippen LogP contribution is 2.39. The minimum Gasteiger partial charge on any atom is -0.316 e. The zero-order valence-electron chi connectivity index (χ0n) is 9.91. The molecule has 1 N–H and O–H groups in total. The SMILES string of the molecule is CC1(C)CNCCC(C(C)(C)C)C1. The highest BCUT2D eigenvalue weighted by molar-refractivity contribution is 4.85. The van der Waals surface area contributed by atoms with Gasteiger partial charge in [-0.3, -0.25) is 0 Å². The van der Waals surface area contributed by atoms with Gasteiger partial charge in [0, 0.05) is 6.54 Å². The van der Waals surface area contributed by atoms with E-state index in [4.69, 9.17) is 0 Å². The monoisotopic (exact) mass is 183 g/mol. The smallest absolute Gasteiger partial charge is 0.000262 e. The first-order chi connectivity index (χ1) is 5.81. The predicted molar refractivity (Wildman–Crippen MR) is 58.8 cm³/mol. The Bertz CT molecular complexity index is 164. The van der Waals surface area contributed by atoms with Gasteiger partial charge in [-0.15, -0.1) is 0 Å². The van der Waals surface area contributed by atoms with Crippen molar-refractivity contribution in [1.82, 2.24) is 5.32 Å². The topological polar surface area (TPSA) is 12.0 Å². The van der Waals surface area contributed by atoms with Crippen molar-refractivity contribution in [3.8, 4) is 0 Å². The zero-order chi connectivity index (χ0) is 10.1. The van der Waals surface area contributed by atoms with Gasteiger partial charge in [0.1, 0.15) is 0 Å². The summed E-state index contributed by atoms with van der Waals surface area (Å²) in [5.74, 6) is 0.873. The van der Waals surface area contributed by atoms with Crippen LogP contribution in [0.5, 0.6) is 0 Å². The van der Waals surface area contributed by atoms with Crippen molar-refractivity contribution in [3.63, 3.8) is 0 Å². The average molecular weight is 183 g/mol. The molecule has 1 aliphatic heterocycles. The third kappa shape index (κ3) is 3.30. The number of hydrogen-bond acceptors (Lipinski definition) is 1. The second kappa shape index (κ2) is 3.61. The number of rotatable bonds is 0. The summed E-state index contributed by atoms with van der Waals surface area (Å²) in [6.45, 7) is 14.3. The molecular weight excluding hydrogens is 158 g/mol. The second-order valence-electron chi connectivity index (χ2n) is 6.40. The Hall–Kier alpha value is -0.0400. The Morgan fingerprint density at radius 2 is 1.85 bits per heavy atom. The molecule has 1 rings (SSSR count). The molecule has 0 aromatic carbocycles. The van der Waals surface area contributed by atoms with Gasteiger partial charge in [0.25, 0.3) is 0 Å². The zero-order valence-corrected chi connectivity index (χ0v) is 9.91. The fourth-order valence-corrected chi connectivity index (χ4v) is 2.28. The van der Waals surface area contributed by atoms with E-state index < -0.39 is 0 Å². The Morgan fingerprint density at radius 3 is 2.38 bits per heavy atom. The molecule has 0 aromatic heterocycles. The van der Waals surface area contributed by atoms with Crippen molar-refractivity contribution in [2.24, 2.45) is 16.7 Å². The van der Waals surface area contributed by atoms with E-state index in [-0.39, 0.29) is 0 Å². The van der Waals surface area contributed by atoms with Gasteiger partial charge in [0.2, 0.25) is 0 Å². The van der Waals surface area contributed by atoms with Gasteiger partial charge in [-0.1, -0.05) is 34.6 Å². The summed E-state index contributed by atoms with van der Waals surface area (Å²) < 4.78 is 0. The van der Waals surface area contributed by atoms with Crippen LogP contribution in [-0.2, 0) is 0 Å². The highest BCUT2D eigenvalue weighted by Gasteiger charge is 2.32. The summed E-state index contributed by atoms with van der Waals surface area (Å²) in [6.07, 6.45) is 2.70. The van der Waals surface area contributed by atoms with E-state index in [2.05, 4.69) is 39.9 Å². The Morgan fingerprint density at radius 1 is 1.23 bits per heavy atom. The van der Waals surface area contributed by atoms with Crippen LogP contribution < -0.4 is 5.32 Å². The van der Waals surface area contributed by atoms with Crippen molar-refractivity contribution in [1.29, 1.82) is 0 Å².